The number of hydrogen-bond donors (Lipinski definition) is 3. The van der Waals surface area contributed by atoms with Gasteiger partial charge in [-0.15, -0.1) is 0 Å². The molecule has 1 aromatic heterocycles. The van der Waals surface area contributed by atoms with Gasteiger partial charge >= 0.3 is 0 Å². The summed E-state index contributed by atoms with van der Waals surface area (Å²) in [6.07, 6.45) is 5.91. The molecule has 4 nitrogen and oxygen atoms in total. The van der Waals surface area contributed by atoms with Crippen LogP contribution < -0.4 is 11.5 Å². The lowest BCUT2D eigenvalue weighted by molar-refractivity contribution is 0.644. The Morgan fingerprint density at radius 2 is 1.77 bits per heavy atom. The molecule has 0 aromatic carbocycles. The van der Waals surface area contributed by atoms with Crippen molar-refractivity contribution in [2.75, 3.05) is 0 Å². The zero-order chi connectivity index (χ0) is 9.10. The zero-order valence-electron chi connectivity index (χ0n) is 7.51. The number of nitrogens with zero attached hydrogens (tertiary/aromatic N) is 1. The topological polar surface area (TPSA) is 80.7 Å². The van der Waals surface area contributed by atoms with Crippen LogP contribution in [0.15, 0.2) is 6.33 Å². The van der Waals surface area contributed by atoms with Gasteiger partial charge in [0.2, 0.25) is 0 Å². The smallest absolute Gasteiger partial charge is 0.0926 e. The highest BCUT2D eigenvalue weighted by molar-refractivity contribution is 5.34. The average Bonchev–Trinajstić information content (AvgIpc) is 2.98. The van der Waals surface area contributed by atoms with E-state index in [0.717, 1.165) is 37.1 Å². The summed E-state index contributed by atoms with van der Waals surface area (Å²) >= 11 is 0. The largest absolute Gasteiger partial charge is 0.347 e. The van der Waals surface area contributed by atoms with Gasteiger partial charge in [-0.1, -0.05) is 0 Å². The van der Waals surface area contributed by atoms with E-state index in [9.17, 15) is 0 Å². The first kappa shape index (κ1) is 7.53. The van der Waals surface area contributed by atoms with Crippen LogP contribution >= 0.6 is 0 Å². The Morgan fingerprint density at radius 1 is 1.15 bits per heavy atom. The van der Waals surface area contributed by atoms with Crippen molar-refractivity contribution in [3.05, 3.63) is 17.7 Å². The monoisotopic (exact) mass is 178 g/mol. The van der Waals surface area contributed by atoms with E-state index >= 15 is 0 Å². The van der Waals surface area contributed by atoms with Gasteiger partial charge in [0.05, 0.1) is 28.8 Å². The molecule has 0 amide bonds. The number of aromatic nitrogens is 2. The molecule has 0 radical (unpaired) electrons. The first-order valence-electron chi connectivity index (χ1n) is 4.76. The van der Waals surface area contributed by atoms with Crippen LogP contribution in [0.3, 0.4) is 0 Å². The molecule has 2 saturated carbocycles. The predicted molar refractivity (Wildman–Crippen MR) is 48.8 cm³/mol. The fourth-order valence-electron chi connectivity index (χ4n) is 1.81. The third-order valence-corrected chi connectivity index (χ3v) is 3.19. The van der Waals surface area contributed by atoms with Gasteiger partial charge in [0, 0.05) is 0 Å². The Kier molecular flexibility index (Phi) is 1.14. The van der Waals surface area contributed by atoms with Crippen molar-refractivity contribution >= 4 is 0 Å². The van der Waals surface area contributed by atoms with E-state index in [2.05, 4.69) is 9.97 Å². The second kappa shape index (κ2) is 1.96. The van der Waals surface area contributed by atoms with E-state index in [1.165, 1.54) is 0 Å². The number of H-pyrrole nitrogens is 1. The Balaban J connectivity index is 2.06. The van der Waals surface area contributed by atoms with Crippen molar-refractivity contribution in [3.8, 4) is 0 Å². The maximum absolute atomic E-state index is 6.11. The van der Waals surface area contributed by atoms with E-state index in [1.54, 1.807) is 6.33 Å². The van der Waals surface area contributed by atoms with E-state index in [1.807, 2.05) is 0 Å². The summed E-state index contributed by atoms with van der Waals surface area (Å²) in [4.78, 5) is 7.43. The molecule has 2 fully saturated rings. The van der Waals surface area contributed by atoms with E-state index in [0.29, 0.717) is 0 Å². The molecule has 3 rings (SSSR count). The molecular formula is C9H14N4. The maximum atomic E-state index is 6.11. The minimum absolute atomic E-state index is 0.138. The van der Waals surface area contributed by atoms with Crippen molar-refractivity contribution < 1.29 is 0 Å². The number of nitrogens with one attached hydrogen (secondary N) is 1. The van der Waals surface area contributed by atoms with Crippen LogP contribution in [0, 0.1) is 0 Å². The SMILES string of the molecule is NC1(c2nc[nH]c2C2(N)CC2)CC1. The average molecular weight is 178 g/mol. The van der Waals surface area contributed by atoms with Gasteiger partial charge in [0.1, 0.15) is 0 Å². The molecule has 0 unspecified atom stereocenters. The predicted octanol–water partition coefficient (Wildman–Crippen LogP) is 0.305. The van der Waals surface area contributed by atoms with Gasteiger partial charge in [0.15, 0.2) is 0 Å². The van der Waals surface area contributed by atoms with E-state index in [-0.39, 0.29) is 11.1 Å². The second-order valence-electron chi connectivity index (χ2n) is 4.44. The molecule has 5 N–H and O–H groups in total. The minimum atomic E-state index is -0.162. The number of aromatic amines is 1. The second-order valence-corrected chi connectivity index (χ2v) is 4.44. The van der Waals surface area contributed by atoms with Gasteiger partial charge in [-0.05, 0) is 25.7 Å². The molecule has 0 saturated heterocycles. The lowest BCUT2D eigenvalue weighted by Gasteiger charge is -2.12. The van der Waals surface area contributed by atoms with Crippen molar-refractivity contribution in [1.82, 2.24) is 9.97 Å². The number of nitrogens with two attached hydrogens (primary N) is 2. The molecular weight excluding hydrogens is 164 g/mol. The molecule has 0 atom stereocenters. The molecule has 4 heteroatoms. The first-order chi connectivity index (χ1) is 6.14. The number of hydrogen-bond acceptors (Lipinski definition) is 3. The summed E-state index contributed by atoms with van der Waals surface area (Å²) in [5.74, 6) is 0. The standard InChI is InChI=1S/C9H14N4/c10-8(1-2-8)6-7(13-5-12-6)9(11)3-4-9/h5H,1-4,10-11H2,(H,12,13). The summed E-state index contributed by atoms with van der Waals surface area (Å²) < 4.78 is 0. The van der Waals surface area contributed by atoms with Crippen molar-refractivity contribution in [1.29, 1.82) is 0 Å². The van der Waals surface area contributed by atoms with E-state index in [4.69, 9.17) is 11.5 Å². The van der Waals surface area contributed by atoms with Crippen molar-refractivity contribution in [3.63, 3.8) is 0 Å². The van der Waals surface area contributed by atoms with Crippen LogP contribution in [0.1, 0.15) is 37.1 Å². The van der Waals surface area contributed by atoms with Crippen LogP contribution in [0.4, 0.5) is 0 Å². The fraction of sp³-hybridized carbons (Fsp3) is 0.667. The molecule has 2 aliphatic rings. The van der Waals surface area contributed by atoms with Crippen LogP contribution in [0.25, 0.3) is 0 Å². The molecule has 1 aromatic rings. The lowest BCUT2D eigenvalue weighted by atomic mass is 10.1. The Hall–Kier alpha value is -0.870. The highest BCUT2D eigenvalue weighted by Gasteiger charge is 2.50. The molecule has 2 aliphatic carbocycles. The maximum Gasteiger partial charge on any atom is 0.0926 e. The Morgan fingerprint density at radius 3 is 2.31 bits per heavy atom. The van der Waals surface area contributed by atoms with E-state index < -0.39 is 0 Å². The summed E-state index contributed by atoms with van der Waals surface area (Å²) in [5.41, 5.74) is 14.0. The summed E-state index contributed by atoms with van der Waals surface area (Å²) in [6.45, 7) is 0. The fourth-order valence-corrected chi connectivity index (χ4v) is 1.81. The van der Waals surface area contributed by atoms with Gasteiger partial charge in [-0.25, -0.2) is 4.98 Å². The summed E-state index contributed by atoms with van der Waals surface area (Å²) in [7, 11) is 0. The van der Waals surface area contributed by atoms with Crippen molar-refractivity contribution in [2.45, 2.75) is 36.8 Å². The molecule has 0 spiro atoms. The zero-order valence-corrected chi connectivity index (χ0v) is 7.51. The number of rotatable bonds is 2. The number of imidazole rings is 1. The van der Waals surface area contributed by atoms with Gasteiger partial charge in [0.25, 0.3) is 0 Å². The Bertz CT molecular complexity index is 314. The lowest BCUT2D eigenvalue weighted by Crippen LogP contribution is -2.27. The van der Waals surface area contributed by atoms with Gasteiger partial charge in [-0.3, -0.25) is 0 Å². The minimum Gasteiger partial charge on any atom is -0.347 e. The summed E-state index contributed by atoms with van der Waals surface area (Å²) in [5, 5.41) is 0. The quantitative estimate of drug-likeness (QED) is 0.609. The van der Waals surface area contributed by atoms with Crippen LogP contribution in [-0.2, 0) is 11.1 Å². The normalized spacial score (nSPS) is 27.2. The third kappa shape index (κ3) is 0.957. The molecule has 1 heterocycles. The molecule has 0 bridgehead atoms. The van der Waals surface area contributed by atoms with Gasteiger partial charge < -0.3 is 16.5 Å². The third-order valence-electron chi connectivity index (χ3n) is 3.19. The molecule has 13 heavy (non-hydrogen) atoms. The van der Waals surface area contributed by atoms with Crippen LogP contribution in [-0.4, -0.2) is 9.97 Å². The van der Waals surface area contributed by atoms with Crippen molar-refractivity contribution in [2.24, 2.45) is 11.5 Å². The molecule has 70 valence electrons. The van der Waals surface area contributed by atoms with Gasteiger partial charge in [-0.2, -0.15) is 0 Å². The highest BCUT2D eigenvalue weighted by Crippen LogP contribution is 2.49. The molecule has 0 aliphatic heterocycles. The van der Waals surface area contributed by atoms with Crippen LogP contribution in [0.2, 0.25) is 0 Å². The first-order valence-corrected chi connectivity index (χ1v) is 4.76. The Labute approximate surface area is 76.7 Å². The highest BCUT2D eigenvalue weighted by atomic mass is 15.0. The summed E-state index contributed by atoms with van der Waals surface area (Å²) in [6, 6.07) is 0. The van der Waals surface area contributed by atoms with Crippen LogP contribution in [0.5, 0.6) is 0 Å².